The number of hydrogen-bond donors (Lipinski definition) is 1. The maximum atomic E-state index is 5.45. The minimum absolute atomic E-state index is 0.641. The van der Waals surface area contributed by atoms with Crippen molar-refractivity contribution in [1.29, 1.82) is 0 Å². The summed E-state index contributed by atoms with van der Waals surface area (Å²) in [6.45, 7) is 0.824. The largest absolute Gasteiger partial charge is 0.467 e. The molecule has 1 aliphatic carbocycles. The van der Waals surface area contributed by atoms with Gasteiger partial charge in [0.25, 0.3) is 0 Å². The molecule has 1 aliphatic rings. The van der Waals surface area contributed by atoms with E-state index in [1.807, 2.05) is 25.4 Å². The van der Waals surface area contributed by atoms with Gasteiger partial charge in [0.1, 0.15) is 11.6 Å². The van der Waals surface area contributed by atoms with Gasteiger partial charge in [0.15, 0.2) is 0 Å². The molecule has 4 nitrogen and oxygen atoms in total. The summed E-state index contributed by atoms with van der Waals surface area (Å²) in [6.07, 6.45) is 6.10. The lowest BCUT2D eigenvalue weighted by atomic mass is 10.3. The molecule has 1 saturated carbocycles. The highest BCUT2D eigenvalue weighted by molar-refractivity contribution is 5.55. The van der Waals surface area contributed by atoms with Gasteiger partial charge in [-0.1, -0.05) is 0 Å². The normalized spacial score (nSPS) is 14.5. The van der Waals surface area contributed by atoms with Crippen molar-refractivity contribution in [2.45, 2.75) is 25.4 Å². The minimum atomic E-state index is 0.641. The standard InChI is InChI=1S/C14H17N3O/c1-15-14-9-12(6-7-16-14)17(11-4-5-11)10-13-3-2-8-18-13/h2-3,6-9,11H,4-5,10H2,1H3,(H,15,16). The van der Waals surface area contributed by atoms with Gasteiger partial charge in [-0.25, -0.2) is 4.98 Å². The molecule has 0 radical (unpaired) electrons. The number of anilines is 2. The molecule has 4 heteroatoms. The first kappa shape index (κ1) is 11.1. The summed E-state index contributed by atoms with van der Waals surface area (Å²) in [5, 5.41) is 3.08. The van der Waals surface area contributed by atoms with Crippen molar-refractivity contribution >= 4 is 11.5 Å². The highest BCUT2D eigenvalue weighted by atomic mass is 16.3. The van der Waals surface area contributed by atoms with E-state index in [0.29, 0.717) is 6.04 Å². The smallest absolute Gasteiger partial charge is 0.127 e. The maximum Gasteiger partial charge on any atom is 0.127 e. The summed E-state index contributed by atoms with van der Waals surface area (Å²) in [4.78, 5) is 6.65. The monoisotopic (exact) mass is 243 g/mol. The third-order valence-corrected chi connectivity index (χ3v) is 3.23. The summed E-state index contributed by atoms with van der Waals surface area (Å²) in [6, 6.07) is 8.74. The summed E-state index contributed by atoms with van der Waals surface area (Å²) in [5.41, 5.74) is 1.20. The summed E-state index contributed by atoms with van der Waals surface area (Å²) in [7, 11) is 1.89. The SMILES string of the molecule is CNc1cc(N(Cc2ccco2)C2CC2)ccn1. The first-order valence-corrected chi connectivity index (χ1v) is 6.29. The Bertz CT molecular complexity index is 506. The van der Waals surface area contributed by atoms with Crippen LogP contribution in [0.3, 0.4) is 0 Å². The Morgan fingerprint density at radius 1 is 1.44 bits per heavy atom. The van der Waals surface area contributed by atoms with E-state index in [0.717, 1.165) is 18.1 Å². The molecule has 0 amide bonds. The van der Waals surface area contributed by atoms with Crippen LogP contribution in [0.5, 0.6) is 0 Å². The van der Waals surface area contributed by atoms with E-state index >= 15 is 0 Å². The van der Waals surface area contributed by atoms with Crippen LogP contribution in [0, 0.1) is 0 Å². The van der Waals surface area contributed by atoms with Gasteiger partial charge >= 0.3 is 0 Å². The summed E-state index contributed by atoms with van der Waals surface area (Å²) >= 11 is 0. The van der Waals surface area contributed by atoms with E-state index in [9.17, 15) is 0 Å². The molecule has 0 aliphatic heterocycles. The van der Waals surface area contributed by atoms with Gasteiger partial charge in [0.05, 0.1) is 12.8 Å². The summed E-state index contributed by atoms with van der Waals surface area (Å²) in [5.74, 6) is 1.90. The molecule has 0 unspecified atom stereocenters. The Morgan fingerprint density at radius 2 is 2.33 bits per heavy atom. The average molecular weight is 243 g/mol. The molecule has 1 N–H and O–H groups in total. The quantitative estimate of drug-likeness (QED) is 0.876. The van der Waals surface area contributed by atoms with Gasteiger partial charge in [-0.2, -0.15) is 0 Å². The van der Waals surface area contributed by atoms with E-state index in [4.69, 9.17) is 4.42 Å². The van der Waals surface area contributed by atoms with Crippen molar-refractivity contribution in [3.05, 3.63) is 42.5 Å². The number of furan rings is 1. The van der Waals surface area contributed by atoms with E-state index in [1.54, 1.807) is 6.26 Å². The zero-order valence-electron chi connectivity index (χ0n) is 10.5. The van der Waals surface area contributed by atoms with Crippen LogP contribution in [0.2, 0.25) is 0 Å². The first-order valence-electron chi connectivity index (χ1n) is 6.29. The number of nitrogens with zero attached hydrogens (tertiary/aromatic N) is 2. The van der Waals surface area contributed by atoms with Crippen LogP contribution in [0.25, 0.3) is 0 Å². The van der Waals surface area contributed by atoms with Crippen LogP contribution in [-0.4, -0.2) is 18.1 Å². The van der Waals surface area contributed by atoms with Crippen LogP contribution in [-0.2, 0) is 6.54 Å². The van der Waals surface area contributed by atoms with Gasteiger partial charge in [0.2, 0.25) is 0 Å². The van der Waals surface area contributed by atoms with Crippen molar-refractivity contribution in [1.82, 2.24) is 4.98 Å². The third-order valence-electron chi connectivity index (χ3n) is 3.23. The fourth-order valence-electron chi connectivity index (χ4n) is 2.12. The Labute approximate surface area is 107 Å². The Balaban J connectivity index is 1.84. The van der Waals surface area contributed by atoms with Gasteiger partial charge in [-0.05, 0) is 31.0 Å². The van der Waals surface area contributed by atoms with Gasteiger partial charge in [-0.15, -0.1) is 0 Å². The van der Waals surface area contributed by atoms with E-state index in [-0.39, 0.29) is 0 Å². The van der Waals surface area contributed by atoms with E-state index < -0.39 is 0 Å². The van der Waals surface area contributed by atoms with Gasteiger partial charge < -0.3 is 14.6 Å². The third kappa shape index (κ3) is 2.32. The molecule has 0 saturated heterocycles. The molecule has 2 aromatic rings. The zero-order valence-corrected chi connectivity index (χ0v) is 10.5. The first-order chi connectivity index (χ1) is 8.86. The average Bonchev–Trinajstić information content (AvgIpc) is 3.13. The van der Waals surface area contributed by atoms with E-state index in [2.05, 4.69) is 27.3 Å². The highest BCUT2D eigenvalue weighted by Crippen LogP contribution is 2.33. The molecule has 0 spiro atoms. The predicted molar refractivity (Wildman–Crippen MR) is 71.7 cm³/mol. The maximum absolute atomic E-state index is 5.45. The zero-order chi connectivity index (χ0) is 12.4. The molecule has 94 valence electrons. The van der Waals surface area contributed by atoms with Crippen LogP contribution in [0.4, 0.5) is 11.5 Å². The van der Waals surface area contributed by atoms with Crippen LogP contribution >= 0.6 is 0 Å². The number of rotatable bonds is 5. The Hall–Kier alpha value is -1.97. The molecule has 0 aromatic carbocycles. The lowest BCUT2D eigenvalue weighted by Crippen LogP contribution is -2.24. The second-order valence-electron chi connectivity index (χ2n) is 4.59. The molecule has 2 aromatic heterocycles. The second-order valence-corrected chi connectivity index (χ2v) is 4.59. The van der Waals surface area contributed by atoms with Gasteiger partial charge in [-0.3, -0.25) is 0 Å². The second kappa shape index (κ2) is 4.72. The molecule has 18 heavy (non-hydrogen) atoms. The molecule has 0 atom stereocenters. The highest BCUT2D eigenvalue weighted by Gasteiger charge is 2.30. The van der Waals surface area contributed by atoms with Crippen molar-refractivity contribution in [2.24, 2.45) is 0 Å². The Morgan fingerprint density at radius 3 is 3.00 bits per heavy atom. The number of hydrogen-bond acceptors (Lipinski definition) is 4. The lowest BCUT2D eigenvalue weighted by molar-refractivity contribution is 0.501. The topological polar surface area (TPSA) is 41.3 Å². The minimum Gasteiger partial charge on any atom is -0.467 e. The molecule has 0 bridgehead atoms. The van der Waals surface area contributed by atoms with Crippen molar-refractivity contribution < 1.29 is 4.42 Å². The number of pyridine rings is 1. The molecule has 1 fully saturated rings. The molecule has 2 heterocycles. The van der Waals surface area contributed by atoms with E-state index in [1.165, 1.54) is 18.5 Å². The summed E-state index contributed by atoms with van der Waals surface area (Å²) < 4.78 is 5.45. The van der Waals surface area contributed by atoms with Gasteiger partial charge in [0, 0.05) is 31.0 Å². The van der Waals surface area contributed by atoms with Crippen molar-refractivity contribution in [2.75, 3.05) is 17.3 Å². The predicted octanol–water partition coefficient (Wildman–Crippen LogP) is 2.89. The lowest BCUT2D eigenvalue weighted by Gasteiger charge is -2.23. The van der Waals surface area contributed by atoms with Crippen LogP contribution < -0.4 is 10.2 Å². The molecular formula is C14H17N3O. The van der Waals surface area contributed by atoms with Crippen LogP contribution in [0.1, 0.15) is 18.6 Å². The molecular weight excluding hydrogens is 226 g/mol. The fourth-order valence-corrected chi connectivity index (χ4v) is 2.12. The molecule has 3 rings (SSSR count). The number of aromatic nitrogens is 1. The van der Waals surface area contributed by atoms with Crippen molar-refractivity contribution in [3.8, 4) is 0 Å². The van der Waals surface area contributed by atoms with Crippen molar-refractivity contribution in [3.63, 3.8) is 0 Å². The Kier molecular flexibility index (Phi) is 2.92. The van der Waals surface area contributed by atoms with Crippen LogP contribution in [0.15, 0.2) is 41.1 Å². The number of nitrogens with one attached hydrogen (secondary N) is 1. The fraction of sp³-hybridized carbons (Fsp3) is 0.357.